The summed E-state index contributed by atoms with van der Waals surface area (Å²) in [5.74, 6) is 1.00. The predicted molar refractivity (Wildman–Crippen MR) is 81.4 cm³/mol. The normalized spacial score (nSPS) is 10.7. The zero-order valence-electron chi connectivity index (χ0n) is 10.7. The van der Waals surface area contributed by atoms with Crippen LogP contribution in [0.25, 0.3) is 10.8 Å². The topological polar surface area (TPSA) is 29.5 Å². The lowest BCUT2D eigenvalue weighted by Gasteiger charge is -2.09. The molecule has 3 aromatic carbocycles. The first-order chi connectivity index (χ1) is 9.72. The van der Waals surface area contributed by atoms with Crippen molar-refractivity contribution in [1.29, 1.82) is 0 Å². The zero-order valence-corrected chi connectivity index (χ0v) is 11.5. The first-order valence-electron chi connectivity index (χ1n) is 6.31. The number of fused-ring (bicyclic) bond motifs is 1. The van der Waals surface area contributed by atoms with Crippen LogP contribution >= 0.6 is 11.6 Å². The summed E-state index contributed by atoms with van der Waals surface area (Å²) in [6.45, 7) is 0.421. The second-order valence-electron chi connectivity index (χ2n) is 4.57. The van der Waals surface area contributed by atoms with E-state index in [9.17, 15) is 5.11 Å². The van der Waals surface area contributed by atoms with Crippen LogP contribution < -0.4 is 4.74 Å². The van der Waals surface area contributed by atoms with Gasteiger partial charge >= 0.3 is 0 Å². The Morgan fingerprint density at radius 1 is 0.900 bits per heavy atom. The summed E-state index contributed by atoms with van der Waals surface area (Å²) >= 11 is 6.09. The number of benzene rings is 3. The summed E-state index contributed by atoms with van der Waals surface area (Å²) in [5, 5.41) is 12.2. The van der Waals surface area contributed by atoms with Crippen LogP contribution in [0, 0.1) is 0 Å². The van der Waals surface area contributed by atoms with Gasteiger partial charge in [-0.2, -0.15) is 0 Å². The zero-order chi connectivity index (χ0) is 13.9. The fraction of sp³-hybridized carbons (Fsp3) is 0.0588. The number of rotatable bonds is 3. The van der Waals surface area contributed by atoms with Crippen molar-refractivity contribution in [2.75, 3.05) is 0 Å². The Kier molecular flexibility index (Phi) is 3.48. The highest BCUT2D eigenvalue weighted by Gasteiger charge is 2.02. The lowest BCUT2D eigenvalue weighted by atomic mass is 10.1. The summed E-state index contributed by atoms with van der Waals surface area (Å²) in [4.78, 5) is 0. The van der Waals surface area contributed by atoms with Crippen molar-refractivity contribution >= 4 is 22.4 Å². The van der Waals surface area contributed by atoms with E-state index in [4.69, 9.17) is 16.3 Å². The molecule has 1 N–H and O–H groups in total. The Hall–Kier alpha value is -2.19. The number of phenolic OH excluding ortho intramolecular Hbond substituents is 1. The third kappa shape index (κ3) is 2.70. The average molecular weight is 285 g/mol. The van der Waals surface area contributed by atoms with E-state index in [1.165, 1.54) is 0 Å². The van der Waals surface area contributed by atoms with Crippen LogP contribution in [0.1, 0.15) is 5.56 Å². The van der Waals surface area contributed by atoms with Crippen LogP contribution in [-0.4, -0.2) is 5.11 Å². The van der Waals surface area contributed by atoms with Gasteiger partial charge in [0.25, 0.3) is 0 Å². The van der Waals surface area contributed by atoms with Crippen molar-refractivity contribution in [3.63, 3.8) is 0 Å². The van der Waals surface area contributed by atoms with Gasteiger partial charge in [-0.05, 0) is 41.1 Å². The van der Waals surface area contributed by atoms with E-state index in [0.29, 0.717) is 11.6 Å². The van der Waals surface area contributed by atoms with E-state index in [0.717, 1.165) is 22.1 Å². The molecule has 0 saturated heterocycles. The van der Waals surface area contributed by atoms with Crippen molar-refractivity contribution in [3.05, 3.63) is 71.2 Å². The molecule has 100 valence electrons. The molecule has 0 aliphatic heterocycles. The molecule has 3 aromatic rings. The van der Waals surface area contributed by atoms with Crippen LogP contribution in [0.15, 0.2) is 60.7 Å². The Morgan fingerprint density at radius 2 is 1.70 bits per heavy atom. The van der Waals surface area contributed by atoms with Crippen LogP contribution in [0.4, 0.5) is 0 Å². The molecular formula is C17H13ClO2. The molecule has 0 fully saturated rings. The van der Waals surface area contributed by atoms with Crippen molar-refractivity contribution in [1.82, 2.24) is 0 Å². The molecule has 0 aromatic heterocycles. The number of phenols is 1. The lowest BCUT2D eigenvalue weighted by Crippen LogP contribution is -1.95. The maximum atomic E-state index is 9.51. The Labute approximate surface area is 122 Å². The van der Waals surface area contributed by atoms with Gasteiger partial charge in [0.15, 0.2) is 0 Å². The smallest absolute Gasteiger partial charge is 0.120 e. The minimum atomic E-state index is 0.251. The number of aromatic hydroxyl groups is 1. The fourth-order valence-electron chi connectivity index (χ4n) is 2.08. The third-order valence-electron chi connectivity index (χ3n) is 3.15. The summed E-state index contributed by atoms with van der Waals surface area (Å²) in [6, 6.07) is 18.7. The van der Waals surface area contributed by atoms with E-state index in [1.807, 2.05) is 48.5 Å². The van der Waals surface area contributed by atoms with Crippen molar-refractivity contribution in [2.45, 2.75) is 6.61 Å². The fourth-order valence-corrected chi connectivity index (χ4v) is 2.27. The molecule has 0 bridgehead atoms. The number of ether oxygens (including phenoxy) is 1. The van der Waals surface area contributed by atoms with Gasteiger partial charge in [-0.1, -0.05) is 41.9 Å². The number of hydrogen-bond acceptors (Lipinski definition) is 2. The van der Waals surface area contributed by atoms with Gasteiger partial charge in [-0.15, -0.1) is 0 Å². The van der Waals surface area contributed by atoms with Gasteiger partial charge in [0.05, 0.1) is 0 Å². The van der Waals surface area contributed by atoms with Crippen LogP contribution in [0.5, 0.6) is 11.5 Å². The molecule has 0 unspecified atom stereocenters. The molecule has 3 rings (SSSR count). The summed E-state index contributed by atoms with van der Waals surface area (Å²) < 4.78 is 5.75. The third-order valence-corrected chi connectivity index (χ3v) is 3.52. The minimum absolute atomic E-state index is 0.251. The summed E-state index contributed by atoms with van der Waals surface area (Å²) in [6.07, 6.45) is 0. The standard InChI is InChI=1S/C17H13ClO2/c18-17-4-2-1-3-13(17)11-20-16-8-6-12-5-7-15(19)9-14(12)10-16/h1-10,19H,11H2. The van der Waals surface area contributed by atoms with Crippen molar-refractivity contribution in [2.24, 2.45) is 0 Å². The molecule has 0 aliphatic rings. The minimum Gasteiger partial charge on any atom is -0.508 e. The summed E-state index contributed by atoms with van der Waals surface area (Å²) in [5.41, 5.74) is 0.949. The Bertz CT molecular complexity index is 753. The van der Waals surface area contributed by atoms with Gasteiger partial charge in [-0.3, -0.25) is 0 Å². The molecular weight excluding hydrogens is 272 g/mol. The van der Waals surface area contributed by atoms with Crippen LogP contribution in [-0.2, 0) is 6.61 Å². The second-order valence-corrected chi connectivity index (χ2v) is 4.98. The highest BCUT2D eigenvalue weighted by molar-refractivity contribution is 6.31. The predicted octanol–water partition coefficient (Wildman–Crippen LogP) is 4.78. The van der Waals surface area contributed by atoms with Crippen LogP contribution in [0.3, 0.4) is 0 Å². The van der Waals surface area contributed by atoms with Crippen molar-refractivity contribution < 1.29 is 9.84 Å². The van der Waals surface area contributed by atoms with Gasteiger partial charge < -0.3 is 9.84 Å². The van der Waals surface area contributed by atoms with Gasteiger partial charge in [0.2, 0.25) is 0 Å². The highest BCUT2D eigenvalue weighted by atomic mass is 35.5. The maximum absolute atomic E-state index is 9.51. The monoisotopic (exact) mass is 284 g/mol. The average Bonchev–Trinajstić information content (AvgIpc) is 2.46. The second kappa shape index (κ2) is 5.43. The van der Waals surface area contributed by atoms with Crippen molar-refractivity contribution in [3.8, 4) is 11.5 Å². The van der Waals surface area contributed by atoms with E-state index in [-0.39, 0.29) is 5.75 Å². The van der Waals surface area contributed by atoms with Gasteiger partial charge in [0, 0.05) is 10.6 Å². The highest BCUT2D eigenvalue weighted by Crippen LogP contribution is 2.25. The Balaban J connectivity index is 1.83. The molecule has 0 aliphatic carbocycles. The SMILES string of the molecule is Oc1ccc2ccc(OCc3ccccc3Cl)cc2c1. The Morgan fingerprint density at radius 3 is 2.55 bits per heavy atom. The van der Waals surface area contributed by atoms with E-state index < -0.39 is 0 Å². The van der Waals surface area contributed by atoms with Gasteiger partial charge in [-0.25, -0.2) is 0 Å². The summed E-state index contributed by atoms with van der Waals surface area (Å²) in [7, 11) is 0. The molecule has 2 nitrogen and oxygen atoms in total. The number of hydrogen-bond donors (Lipinski definition) is 1. The van der Waals surface area contributed by atoms with Crippen LogP contribution in [0.2, 0.25) is 5.02 Å². The molecule has 3 heteroatoms. The first kappa shape index (κ1) is 12.8. The quantitative estimate of drug-likeness (QED) is 0.750. The first-order valence-corrected chi connectivity index (χ1v) is 6.69. The molecule has 0 saturated carbocycles. The molecule has 0 heterocycles. The molecule has 20 heavy (non-hydrogen) atoms. The van der Waals surface area contributed by atoms with E-state index in [2.05, 4.69) is 0 Å². The molecule has 0 radical (unpaired) electrons. The number of halogens is 1. The maximum Gasteiger partial charge on any atom is 0.120 e. The van der Waals surface area contributed by atoms with E-state index in [1.54, 1.807) is 12.1 Å². The lowest BCUT2D eigenvalue weighted by molar-refractivity contribution is 0.307. The molecule has 0 atom stereocenters. The van der Waals surface area contributed by atoms with E-state index >= 15 is 0 Å². The van der Waals surface area contributed by atoms with Gasteiger partial charge in [0.1, 0.15) is 18.1 Å². The molecule has 0 spiro atoms. The molecule has 0 amide bonds. The largest absolute Gasteiger partial charge is 0.508 e.